The summed E-state index contributed by atoms with van der Waals surface area (Å²) in [7, 11) is 0. The van der Waals surface area contributed by atoms with Crippen molar-refractivity contribution in [3.63, 3.8) is 0 Å². The van der Waals surface area contributed by atoms with Gasteiger partial charge in [-0.2, -0.15) is 0 Å². The lowest BCUT2D eigenvalue weighted by molar-refractivity contribution is -0.137. The molecule has 1 aliphatic carbocycles. The molecule has 1 N–H and O–H groups in total. The quantitative estimate of drug-likeness (QED) is 0.130. The first-order chi connectivity index (χ1) is 17.2. The summed E-state index contributed by atoms with van der Waals surface area (Å²) in [4.78, 5) is 10.6. The average Bonchev–Trinajstić information content (AvgIpc) is 3.47. The molecule has 4 heteroatoms. The summed E-state index contributed by atoms with van der Waals surface area (Å²) in [6, 6.07) is 0. The molecule has 2 bridgehead atoms. The molecule has 3 aliphatic rings. The van der Waals surface area contributed by atoms with Gasteiger partial charge in [0.25, 0.3) is 0 Å². The Bertz CT molecular complexity index is 669. The van der Waals surface area contributed by atoms with Crippen molar-refractivity contribution in [3.05, 3.63) is 12.2 Å². The van der Waals surface area contributed by atoms with Crippen LogP contribution >= 0.6 is 0 Å². The number of fused-ring (bicyclic) bond motifs is 2. The molecule has 0 aromatic rings. The predicted octanol–water partition coefficient (Wildman–Crippen LogP) is 7.70. The molecule has 0 aromatic carbocycles. The summed E-state index contributed by atoms with van der Waals surface area (Å²) in [5.74, 6) is 8.35. The fourth-order valence-electron chi connectivity index (χ4n) is 6.37. The van der Waals surface area contributed by atoms with Gasteiger partial charge in [-0.25, -0.2) is 0 Å². The molecule has 2 saturated heterocycles. The molecule has 198 valence electrons. The number of aliphatic carboxylic acids is 1. The van der Waals surface area contributed by atoms with E-state index in [4.69, 9.17) is 14.6 Å². The van der Waals surface area contributed by atoms with Crippen LogP contribution in [-0.2, 0) is 14.3 Å². The molecule has 0 radical (unpaired) electrons. The number of carboxylic acids is 1. The molecule has 2 heterocycles. The van der Waals surface area contributed by atoms with E-state index in [0.717, 1.165) is 70.5 Å². The maximum Gasteiger partial charge on any atom is 0.303 e. The van der Waals surface area contributed by atoms with Gasteiger partial charge in [-0.05, 0) is 82.0 Å². The zero-order valence-corrected chi connectivity index (χ0v) is 22.1. The largest absolute Gasteiger partial charge is 0.481 e. The molecule has 35 heavy (non-hydrogen) atoms. The number of hydrogen-bond donors (Lipinski definition) is 1. The van der Waals surface area contributed by atoms with Crippen LogP contribution < -0.4 is 0 Å². The minimum absolute atomic E-state index is 0.265. The Labute approximate surface area is 214 Å². The maximum absolute atomic E-state index is 10.6. The van der Waals surface area contributed by atoms with Gasteiger partial charge in [0.1, 0.15) is 0 Å². The number of allylic oxidation sites excluding steroid dienone is 2. The average molecular weight is 487 g/mol. The monoisotopic (exact) mass is 486 g/mol. The van der Waals surface area contributed by atoms with Crippen LogP contribution in [0.1, 0.15) is 122 Å². The van der Waals surface area contributed by atoms with Gasteiger partial charge in [0.15, 0.2) is 0 Å². The standard InChI is InChI=1S/C31H50O4/c32-31(33)21-12-5-4-11-19-27-28(30-23-22-29(27)35-30)20-13-15-25-34-24-14-6-2-1-3-8-16-26-17-9-7-10-18-26/h4,11,26-30H,2,5-10,12-25H2,(H,32,33)/b11-4-/t27-,28+,29-,30+/m0/s1. The smallest absolute Gasteiger partial charge is 0.303 e. The van der Waals surface area contributed by atoms with Crippen molar-refractivity contribution < 1.29 is 19.4 Å². The first-order valence-corrected chi connectivity index (χ1v) is 14.8. The Morgan fingerprint density at radius 2 is 1.57 bits per heavy atom. The van der Waals surface area contributed by atoms with Gasteiger partial charge < -0.3 is 14.6 Å². The zero-order chi connectivity index (χ0) is 24.6. The lowest BCUT2D eigenvalue weighted by Crippen LogP contribution is -2.26. The number of ether oxygens (including phenoxy) is 2. The van der Waals surface area contributed by atoms with Crippen molar-refractivity contribution >= 4 is 5.97 Å². The third kappa shape index (κ3) is 11.1. The normalized spacial score (nSPS) is 26.3. The highest BCUT2D eigenvalue weighted by Gasteiger charge is 2.47. The molecule has 3 rings (SSSR count). The number of rotatable bonds is 17. The molecule has 4 nitrogen and oxygen atoms in total. The van der Waals surface area contributed by atoms with Crippen LogP contribution in [0.25, 0.3) is 0 Å². The molecule has 0 spiro atoms. The van der Waals surface area contributed by atoms with E-state index in [-0.39, 0.29) is 6.42 Å². The second kappa shape index (κ2) is 17.2. The summed E-state index contributed by atoms with van der Waals surface area (Å²) in [6.45, 7) is 1.75. The van der Waals surface area contributed by atoms with Crippen LogP contribution in [0.15, 0.2) is 12.2 Å². The van der Waals surface area contributed by atoms with Gasteiger partial charge in [-0.15, -0.1) is 11.8 Å². The van der Waals surface area contributed by atoms with E-state index in [2.05, 4.69) is 24.0 Å². The molecule has 0 amide bonds. The predicted molar refractivity (Wildman–Crippen MR) is 142 cm³/mol. The Morgan fingerprint density at radius 3 is 2.37 bits per heavy atom. The second-order valence-corrected chi connectivity index (χ2v) is 11.1. The van der Waals surface area contributed by atoms with Gasteiger partial charge in [0.05, 0.1) is 12.2 Å². The Kier molecular flexibility index (Phi) is 13.9. The third-order valence-corrected chi connectivity index (χ3v) is 8.37. The fourth-order valence-corrected chi connectivity index (χ4v) is 6.37. The number of hydrogen-bond acceptors (Lipinski definition) is 3. The molecule has 1 saturated carbocycles. The highest BCUT2D eigenvalue weighted by molar-refractivity contribution is 5.66. The van der Waals surface area contributed by atoms with Crippen LogP contribution in [0.5, 0.6) is 0 Å². The van der Waals surface area contributed by atoms with Crippen molar-refractivity contribution in [1.82, 2.24) is 0 Å². The van der Waals surface area contributed by atoms with Crippen LogP contribution in [0, 0.1) is 29.6 Å². The Balaban J connectivity index is 1.15. The van der Waals surface area contributed by atoms with E-state index < -0.39 is 5.97 Å². The van der Waals surface area contributed by atoms with Gasteiger partial charge >= 0.3 is 5.97 Å². The first kappa shape index (κ1) is 28.3. The SMILES string of the molecule is O=C(O)CCC/C=C\C[C@H]1[C@@H](CCCCOCCCCC#CCCC2CCCCC2)[C@H]2CC[C@@H]1O2. The lowest BCUT2D eigenvalue weighted by Gasteiger charge is -2.27. The van der Waals surface area contributed by atoms with Crippen molar-refractivity contribution in [1.29, 1.82) is 0 Å². The van der Waals surface area contributed by atoms with Crippen LogP contribution in [0.3, 0.4) is 0 Å². The van der Waals surface area contributed by atoms with Gasteiger partial charge in [0.2, 0.25) is 0 Å². The summed E-state index contributed by atoms with van der Waals surface area (Å²) in [5, 5.41) is 8.74. The van der Waals surface area contributed by atoms with E-state index in [0.29, 0.717) is 24.0 Å². The summed E-state index contributed by atoms with van der Waals surface area (Å²) in [6.07, 6.45) is 27.3. The van der Waals surface area contributed by atoms with Crippen LogP contribution in [-0.4, -0.2) is 36.5 Å². The van der Waals surface area contributed by atoms with E-state index in [1.165, 1.54) is 64.2 Å². The minimum atomic E-state index is -0.700. The summed E-state index contributed by atoms with van der Waals surface area (Å²) < 4.78 is 12.1. The van der Waals surface area contributed by atoms with Crippen molar-refractivity contribution in [2.75, 3.05) is 13.2 Å². The van der Waals surface area contributed by atoms with Crippen LogP contribution in [0.2, 0.25) is 0 Å². The second-order valence-electron chi connectivity index (χ2n) is 11.1. The van der Waals surface area contributed by atoms with Gasteiger partial charge in [-0.3, -0.25) is 4.79 Å². The topological polar surface area (TPSA) is 55.8 Å². The van der Waals surface area contributed by atoms with Gasteiger partial charge in [-0.1, -0.05) is 50.7 Å². The van der Waals surface area contributed by atoms with Gasteiger partial charge in [0, 0.05) is 32.5 Å². The maximum atomic E-state index is 10.6. The summed E-state index contributed by atoms with van der Waals surface area (Å²) >= 11 is 0. The number of carboxylic acid groups (broad SMARTS) is 1. The molecule has 4 atom stereocenters. The van der Waals surface area contributed by atoms with Crippen molar-refractivity contribution in [3.8, 4) is 11.8 Å². The fraction of sp³-hybridized carbons (Fsp3) is 0.839. The molecule has 2 aliphatic heterocycles. The summed E-state index contributed by atoms with van der Waals surface area (Å²) in [5.41, 5.74) is 0. The first-order valence-electron chi connectivity index (χ1n) is 14.8. The third-order valence-electron chi connectivity index (χ3n) is 8.37. The molecular formula is C31H50O4. The van der Waals surface area contributed by atoms with E-state index >= 15 is 0 Å². The number of unbranched alkanes of at least 4 members (excludes halogenated alkanes) is 4. The van der Waals surface area contributed by atoms with Crippen molar-refractivity contribution in [2.45, 2.75) is 134 Å². The molecule has 0 unspecified atom stereocenters. The molecular weight excluding hydrogens is 436 g/mol. The highest BCUT2D eigenvalue weighted by atomic mass is 16.5. The van der Waals surface area contributed by atoms with Crippen LogP contribution in [0.4, 0.5) is 0 Å². The van der Waals surface area contributed by atoms with Crippen molar-refractivity contribution in [2.24, 2.45) is 17.8 Å². The Morgan fingerprint density at radius 1 is 0.829 bits per heavy atom. The van der Waals surface area contributed by atoms with E-state index in [1.54, 1.807) is 0 Å². The highest BCUT2D eigenvalue weighted by Crippen LogP contribution is 2.47. The molecule has 3 fully saturated rings. The van der Waals surface area contributed by atoms with E-state index in [1.807, 2.05) is 0 Å². The zero-order valence-electron chi connectivity index (χ0n) is 22.1. The molecule has 0 aromatic heterocycles. The lowest BCUT2D eigenvalue weighted by atomic mass is 9.75. The minimum Gasteiger partial charge on any atom is -0.481 e. The Hall–Kier alpha value is -1.31. The van der Waals surface area contributed by atoms with E-state index in [9.17, 15) is 4.79 Å². The number of carbonyl (C=O) groups is 1.